The molecule has 3 rings (SSSR count). The molecule has 1 spiro atoms. The van der Waals surface area contributed by atoms with Crippen molar-refractivity contribution in [1.82, 2.24) is 14.8 Å². The van der Waals surface area contributed by atoms with Gasteiger partial charge in [-0.25, -0.2) is 4.39 Å². The lowest BCUT2D eigenvalue weighted by Crippen LogP contribution is -2.61. The molecule has 6 heteroatoms. The van der Waals surface area contributed by atoms with Gasteiger partial charge in [0.05, 0.1) is 25.0 Å². The summed E-state index contributed by atoms with van der Waals surface area (Å²) in [4.78, 5) is 20.4. The number of likely N-dealkylation sites (N-methyl/N-ethyl adjacent to an activating group) is 1. The minimum atomic E-state index is -0.552. The molecule has 1 aromatic heterocycles. The molecule has 0 bridgehead atoms. The molecule has 0 saturated carbocycles. The zero-order valence-electron chi connectivity index (χ0n) is 12.9. The van der Waals surface area contributed by atoms with Crippen LogP contribution in [-0.2, 0) is 4.74 Å². The molecule has 2 fully saturated rings. The number of pyridine rings is 1. The van der Waals surface area contributed by atoms with Crippen molar-refractivity contribution >= 4 is 5.91 Å². The molecule has 0 atom stereocenters. The second-order valence-electron chi connectivity index (χ2n) is 6.00. The Morgan fingerprint density at radius 1 is 1.41 bits per heavy atom. The van der Waals surface area contributed by atoms with E-state index in [1.54, 1.807) is 4.90 Å². The van der Waals surface area contributed by atoms with Crippen molar-refractivity contribution in [2.45, 2.75) is 25.3 Å². The fourth-order valence-electron chi connectivity index (χ4n) is 3.56. The van der Waals surface area contributed by atoms with Crippen LogP contribution in [0.5, 0.6) is 0 Å². The van der Waals surface area contributed by atoms with Crippen LogP contribution in [0.25, 0.3) is 0 Å². The van der Waals surface area contributed by atoms with Gasteiger partial charge in [0, 0.05) is 31.4 Å². The number of amides is 1. The highest BCUT2D eigenvalue weighted by molar-refractivity contribution is 5.94. The number of nitrogens with zero attached hydrogens (tertiary/aromatic N) is 3. The first kappa shape index (κ1) is 15.4. The summed E-state index contributed by atoms with van der Waals surface area (Å²) in [7, 11) is 0. The zero-order chi connectivity index (χ0) is 15.6. The lowest BCUT2D eigenvalue weighted by atomic mass is 9.85. The second-order valence-corrected chi connectivity index (χ2v) is 6.00. The number of aromatic nitrogens is 1. The molecule has 1 aromatic rings. The lowest BCUT2D eigenvalue weighted by Gasteiger charge is -2.50. The van der Waals surface area contributed by atoms with Crippen molar-refractivity contribution in [2.75, 3.05) is 39.4 Å². The number of likely N-dealkylation sites (tertiary alicyclic amines) is 1. The number of ether oxygens (including phenoxy) is 1. The van der Waals surface area contributed by atoms with Crippen LogP contribution in [0.1, 0.15) is 30.1 Å². The maximum Gasteiger partial charge on any atom is 0.256 e. The summed E-state index contributed by atoms with van der Waals surface area (Å²) in [5.41, 5.74) is 0.152. The van der Waals surface area contributed by atoms with Gasteiger partial charge in [0.1, 0.15) is 0 Å². The molecular formula is C16H22FN3O2. The average molecular weight is 307 g/mol. The molecule has 120 valence electrons. The van der Waals surface area contributed by atoms with E-state index in [4.69, 9.17) is 4.74 Å². The van der Waals surface area contributed by atoms with Crippen LogP contribution in [0.3, 0.4) is 0 Å². The molecule has 0 aromatic carbocycles. The van der Waals surface area contributed by atoms with Crippen LogP contribution in [0.4, 0.5) is 4.39 Å². The Labute approximate surface area is 130 Å². The van der Waals surface area contributed by atoms with Gasteiger partial charge in [-0.15, -0.1) is 0 Å². The molecule has 2 aliphatic heterocycles. The summed E-state index contributed by atoms with van der Waals surface area (Å²) in [5.74, 6) is -0.793. The van der Waals surface area contributed by atoms with Crippen molar-refractivity contribution in [3.8, 4) is 0 Å². The Morgan fingerprint density at radius 2 is 2.18 bits per heavy atom. The molecule has 0 radical (unpaired) electrons. The van der Waals surface area contributed by atoms with Crippen molar-refractivity contribution in [2.24, 2.45) is 0 Å². The first-order valence-electron chi connectivity index (χ1n) is 7.88. The highest BCUT2D eigenvalue weighted by Gasteiger charge is 2.42. The number of hydrogen-bond acceptors (Lipinski definition) is 4. The summed E-state index contributed by atoms with van der Waals surface area (Å²) in [6, 6.07) is 1.45. The third-order valence-corrected chi connectivity index (χ3v) is 4.91. The second kappa shape index (κ2) is 6.30. The number of carbonyl (C=O) groups excluding carboxylic acids is 1. The van der Waals surface area contributed by atoms with Gasteiger partial charge in [-0.05, 0) is 25.5 Å². The van der Waals surface area contributed by atoms with Gasteiger partial charge in [-0.2, -0.15) is 0 Å². The first-order chi connectivity index (χ1) is 10.7. The third-order valence-electron chi connectivity index (χ3n) is 4.91. The molecule has 0 N–H and O–H groups in total. The van der Waals surface area contributed by atoms with Crippen molar-refractivity contribution < 1.29 is 13.9 Å². The highest BCUT2D eigenvalue weighted by Crippen LogP contribution is 2.32. The molecule has 2 saturated heterocycles. The van der Waals surface area contributed by atoms with Crippen LogP contribution in [0, 0.1) is 5.82 Å². The number of morpholine rings is 1. The number of halogens is 1. The van der Waals surface area contributed by atoms with Crippen molar-refractivity contribution in [3.05, 3.63) is 29.8 Å². The van der Waals surface area contributed by atoms with E-state index in [1.165, 1.54) is 12.3 Å². The van der Waals surface area contributed by atoms with Crippen LogP contribution >= 0.6 is 0 Å². The standard InChI is InChI=1S/C16H22FN3O2/c1-2-20-9-10-22-12-16(20)4-7-19(8-5-16)15(21)13-3-6-18-11-14(13)17/h3,6,11H,2,4-5,7-10,12H2,1H3. The Kier molecular flexibility index (Phi) is 4.40. The number of rotatable bonds is 2. The van der Waals surface area contributed by atoms with Gasteiger partial charge in [0.25, 0.3) is 5.91 Å². The minimum absolute atomic E-state index is 0.0422. The van der Waals surface area contributed by atoms with Gasteiger partial charge >= 0.3 is 0 Å². The number of piperidine rings is 1. The molecule has 5 nitrogen and oxygen atoms in total. The third kappa shape index (κ3) is 2.73. The molecule has 0 unspecified atom stereocenters. The quantitative estimate of drug-likeness (QED) is 0.831. The predicted octanol–water partition coefficient (Wildman–Crippen LogP) is 1.55. The zero-order valence-corrected chi connectivity index (χ0v) is 12.9. The van der Waals surface area contributed by atoms with E-state index in [-0.39, 0.29) is 17.0 Å². The molecule has 3 heterocycles. The summed E-state index contributed by atoms with van der Waals surface area (Å²) in [6.45, 7) is 6.89. The van der Waals surface area contributed by atoms with Gasteiger partial charge in [-0.3, -0.25) is 14.7 Å². The Hall–Kier alpha value is -1.53. The van der Waals surface area contributed by atoms with Crippen molar-refractivity contribution in [3.63, 3.8) is 0 Å². The summed E-state index contributed by atoms with van der Waals surface area (Å²) in [5, 5.41) is 0. The van der Waals surface area contributed by atoms with E-state index < -0.39 is 5.82 Å². The summed E-state index contributed by atoms with van der Waals surface area (Å²) >= 11 is 0. The SMILES string of the molecule is CCN1CCOCC12CCN(C(=O)c1ccncc1F)CC2. The van der Waals surface area contributed by atoms with E-state index in [1.807, 2.05) is 0 Å². The van der Waals surface area contributed by atoms with Gasteiger partial charge in [0.15, 0.2) is 5.82 Å². The Balaban J connectivity index is 1.69. The van der Waals surface area contributed by atoms with Crippen LogP contribution in [0.15, 0.2) is 18.5 Å². The van der Waals surface area contributed by atoms with Gasteiger partial charge in [-0.1, -0.05) is 6.92 Å². The fraction of sp³-hybridized carbons (Fsp3) is 0.625. The Morgan fingerprint density at radius 3 is 2.86 bits per heavy atom. The molecular weight excluding hydrogens is 285 g/mol. The molecule has 1 amide bonds. The molecule has 2 aliphatic rings. The van der Waals surface area contributed by atoms with E-state index in [0.29, 0.717) is 13.1 Å². The van der Waals surface area contributed by atoms with E-state index >= 15 is 0 Å². The minimum Gasteiger partial charge on any atom is -0.378 e. The van der Waals surface area contributed by atoms with E-state index in [9.17, 15) is 9.18 Å². The van der Waals surface area contributed by atoms with Crippen molar-refractivity contribution in [1.29, 1.82) is 0 Å². The van der Waals surface area contributed by atoms with Crippen LogP contribution in [0.2, 0.25) is 0 Å². The van der Waals surface area contributed by atoms with Gasteiger partial charge < -0.3 is 9.64 Å². The summed E-state index contributed by atoms with van der Waals surface area (Å²) < 4.78 is 19.4. The first-order valence-corrected chi connectivity index (χ1v) is 7.88. The predicted molar refractivity (Wildman–Crippen MR) is 80.1 cm³/mol. The van der Waals surface area contributed by atoms with E-state index in [2.05, 4.69) is 16.8 Å². The smallest absolute Gasteiger partial charge is 0.256 e. The largest absolute Gasteiger partial charge is 0.378 e. The van der Waals surface area contributed by atoms with E-state index in [0.717, 1.165) is 45.3 Å². The number of hydrogen-bond donors (Lipinski definition) is 0. The monoisotopic (exact) mass is 307 g/mol. The fourth-order valence-corrected chi connectivity index (χ4v) is 3.56. The van der Waals surface area contributed by atoms with Crippen LogP contribution in [-0.4, -0.2) is 65.6 Å². The summed E-state index contributed by atoms with van der Waals surface area (Å²) in [6.07, 6.45) is 4.29. The maximum absolute atomic E-state index is 13.7. The number of carbonyl (C=O) groups is 1. The normalized spacial score (nSPS) is 22.0. The lowest BCUT2D eigenvalue weighted by molar-refractivity contribution is -0.0893. The molecule has 22 heavy (non-hydrogen) atoms. The van der Waals surface area contributed by atoms with Gasteiger partial charge in [0.2, 0.25) is 0 Å². The van der Waals surface area contributed by atoms with Crippen LogP contribution < -0.4 is 0 Å². The molecule has 0 aliphatic carbocycles. The topological polar surface area (TPSA) is 45.7 Å². The highest BCUT2D eigenvalue weighted by atomic mass is 19.1. The Bertz CT molecular complexity index is 544. The maximum atomic E-state index is 13.7. The average Bonchev–Trinajstić information content (AvgIpc) is 2.56.